The van der Waals surface area contributed by atoms with Gasteiger partial charge in [-0.1, -0.05) is 12.1 Å². The number of anilines is 2. The predicted octanol–water partition coefficient (Wildman–Crippen LogP) is 2.82. The number of benzene rings is 1. The van der Waals surface area contributed by atoms with Crippen LogP contribution in [0.3, 0.4) is 0 Å². The van der Waals surface area contributed by atoms with E-state index in [0.29, 0.717) is 0 Å². The summed E-state index contributed by atoms with van der Waals surface area (Å²) in [5.41, 5.74) is 3.91. The van der Waals surface area contributed by atoms with Gasteiger partial charge in [0.25, 0.3) is 0 Å². The Balaban J connectivity index is 2.59. The van der Waals surface area contributed by atoms with E-state index in [0.717, 1.165) is 0 Å². The van der Waals surface area contributed by atoms with Gasteiger partial charge in [0.2, 0.25) is 0 Å². The average Bonchev–Trinajstić information content (AvgIpc) is 2.41. The van der Waals surface area contributed by atoms with Gasteiger partial charge in [-0.2, -0.15) is 0 Å². The summed E-state index contributed by atoms with van der Waals surface area (Å²) >= 11 is 0. The van der Waals surface area contributed by atoms with Crippen molar-refractivity contribution >= 4 is 11.4 Å². The molecule has 0 N–H and O–H groups in total. The maximum absolute atomic E-state index is 2.24. The second kappa shape index (κ2) is 3.05. The third-order valence-corrected chi connectivity index (χ3v) is 2.69. The molecule has 14 heavy (non-hydrogen) atoms. The van der Waals surface area contributed by atoms with E-state index < -0.39 is 0 Å². The minimum absolute atomic E-state index is 1.28. The topological polar surface area (TPSA) is 6.48 Å². The molecular formula is C12H16N2. The van der Waals surface area contributed by atoms with Crippen LogP contribution in [0.5, 0.6) is 0 Å². The van der Waals surface area contributed by atoms with Crippen molar-refractivity contribution in [2.75, 3.05) is 23.9 Å². The fourth-order valence-corrected chi connectivity index (χ4v) is 2.16. The van der Waals surface area contributed by atoms with E-state index in [1.165, 1.54) is 22.8 Å². The first kappa shape index (κ1) is 9.13. The lowest BCUT2D eigenvalue weighted by atomic mass is 10.3. The molecule has 1 aromatic rings. The Labute approximate surface area is 85.4 Å². The van der Waals surface area contributed by atoms with E-state index in [9.17, 15) is 0 Å². The molecule has 0 aliphatic carbocycles. The minimum Gasteiger partial charge on any atom is -0.329 e. The largest absolute Gasteiger partial charge is 0.329 e. The maximum Gasteiger partial charge on any atom is 0.111 e. The molecule has 0 unspecified atom stereocenters. The Morgan fingerprint density at radius 1 is 0.929 bits per heavy atom. The van der Waals surface area contributed by atoms with Crippen LogP contribution in [0, 0.1) is 0 Å². The fraction of sp³-hybridized carbons (Fsp3) is 0.333. The van der Waals surface area contributed by atoms with Gasteiger partial charge in [0, 0.05) is 14.1 Å². The number of para-hydroxylation sites is 2. The standard InChI is InChI=1S/C12H16N2/c1-9(2)12-13(3)10-7-5-6-8-11(10)14(12)4/h5-8H,1-4H3. The van der Waals surface area contributed by atoms with Crippen LogP contribution in [0.4, 0.5) is 11.4 Å². The van der Waals surface area contributed by atoms with Crippen molar-refractivity contribution < 1.29 is 0 Å². The van der Waals surface area contributed by atoms with E-state index in [1.807, 2.05) is 0 Å². The lowest BCUT2D eigenvalue weighted by Gasteiger charge is -2.20. The van der Waals surface area contributed by atoms with Gasteiger partial charge in [-0.05, 0) is 31.6 Å². The summed E-state index contributed by atoms with van der Waals surface area (Å²) in [6.07, 6.45) is 0. The van der Waals surface area contributed by atoms with Crippen LogP contribution >= 0.6 is 0 Å². The highest BCUT2D eigenvalue weighted by atomic mass is 15.4. The Hall–Kier alpha value is -1.44. The average molecular weight is 188 g/mol. The summed E-state index contributed by atoms with van der Waals surface area (Å²) in [6, 6.07) is 8.47. The number of rotatable bonds is 0. The first-order chi connectivity index (χ1) is 6.63. The van der Waals surface area contributed by atoms with Gasteiger partial charge in [0.1, 0.15) is 5.82 Å². The molecule has 0 amide bonds. The van der Waals surface area contributed by atoms with Crippen molar-refractivity contribution in [3.05, 3.63) is 35.7 Å². The molecule has 74 valence electrons. The summed E-state index contributed by atoms with van der Waals surface area (Å²) in [6.45, 7) is 4.29. The van der Waals surface area contributed by atoms with Gasteiger partial charge in [-0.25, -0.2) is 0 Å². The first-order valence-electron chi connectivity index (χ1n) is 4.87. The van der Waals surface area contributed by atoms with Crippen molar-refractivity contribution in [1.82, 2.24) is 0 Å². The molecule has 2 rings (SSSR count). The van der Waals surface area contributed by atoms with Crippen LogP contribution in [-0.4, -0.2) is 14.1 Å². The van der Waals surface area contributed by atoms with Gasteiger partial charge < -0.3 is 9.80 Å². The number of hydrogen-bond donors (Lipinski definition) is 0. The monoisotopic (exact) mass is 188 g/mol. The quantitative estimate of drug-likeness (QED) is 0.617. The van der Waals surface area contributed by atoms with Gasteiger partial charge in [-0.15, -0.1) is 0 Å². The van der Waals surface area contributed by atoms with Crippen LogP contribution in [0.25, 0.3) is 0 Å². The number of allylic oxidation sites excluding steroid dienone is 1. The van der Waals surface area contributed by atoms with Gasteiger partial charge in [0.05, 0.1) is 11.4 Å². The van der Waals surface area contributed by atoms with Crippen LogP contribution in [0.15, 0.2) is 35.7 Å². The molecule has 1 aliphatic heterocycles. The number of fused-ring (bicyclic) bond motifs is 1. The van der Waals surface area contributed by atoms with Crippen molar-refractivity contribution in [3.63, 3.8) is 0 Å². The second-order valence-electron chi connectivity index (χ2n) is 3.93. The van der Waals surface area contributed by atoms with Crippen molar-refractivity contribution in [2.45, 2.75) is 13.8 Å². The zero-order chi connectivity index (χ0) is 10.3. The Morgan fingerprint density at radius 2 is 1.36 bits per heavy atom. The summed E-state index contributed by atoms with van der Waals surface area (Å²) in [4.78, 5) is 4.48. The molecule has 1 aromatic carbocycles. The first-order valence-corrected chi connectivity index (χ1v) is 4.87. The summed E-state index contributed by atoms with van der Waals surface area (Å²) < 4.78 is 0. The summed E-state index contributed by atoms with van der Waals surface area (Å²) in [5.74, 6) is 1.28. The van der Waals surface area contributed by atoms with Gasteiger partial charge in [-0.3, -0.25) is 0 Å². The number of hydrogen-bond acceptors (Lipinski definition) is 2. The van der Waals surface area contributed by atoms with E-state index in [1.54, 1.807) is 0 Å². The molecule has 0 spiro atoms. The highest BCUT2D eigenvalue weighted by molar-refractivity contribution is 5.82. The third-order valence-electron chi connectivity index (χ3n) is 2.69. The highest BCUT2D eigenvalue weighted by Crippen LogP contribution is 2.39. The molecule has 0 radical (unpaired) electrons. The normalized spacial score (nSPS) is 14.7. The zero-order valence-electron chi connectivity index (χ0n) is 9.20. The van der Waals surface area contributed by atoms with Crippen LogP contribution in [0.1, 0.15) is 13.8 Å². The summed E-state index contributed by atoms with van der Waals surface area (Å²) in [5, 5.41) is 0. The van der Waals surface area contributed by atoms with Crippen LogP contribution in [-0.2, 0) is 0 Å². The highest BCUT2D eigenvalue weighted by Gasteiger charge is 2.25. The molecule has 1 aliphatic rings. The van der Waals surface area contributed by atoms with Gasteiger partial charge >= 0.3 is 0 Å². The van der Waals surface area contributed by atoms with Crippen molar-refractivity contribution in [1.29, 1.82) is 0 Å². The van der Waals surface area contributed by atoms with E-state index >= 15 is 0 Å². The van der Waals surface area contributed by atoms with Crippen molar-refractivity contribution in [3.8, 4) is 0 Å². The Kier molecular flexibility index (Phi) is 1.99. The lowest BCUT2D eigenvalue weighted by Crippen LogP contribution is -2.22. The molecular weight excluding hydrogens is 172 g/mol. The van der Waals surface area contributed by atoms with E-state index in [4.69, 9.17) is 0 Å². The molecule has 0 atom stereocenters. The smallest absolute Gasteiger partial charge is 0.111 e. The predicted molar refractivity (Wildman–Crippen MR) is 61.6 cm³/mol. The Morgan fingerprint density at radius 3 is 1.71 bits per heavy atom. The molecule has 0 saturated carbocycles. The van der Waals surface area contributed by atoms with E-state index in [2.05, 4.69) is 62.0 Å². The molecule has 2 heteroatoms. The third kappa shape index (κ3) is 1.10. The summed E-state index contributed by atoms with van der Waals surface area (Å²) in [7, 11) is 4.23. The van der Waals surface area contributed by atoms with Crippen LogP contribution < -0.4 is 9.80 Å². The SMILES string of the molecule is CC(C)=C1N(C)c2ccccc2N1C. The van der Waals surface area contributed by atoms with E-state index in [-0.39, 0.29) is 0 Å². The molecule has 0 aromatic heterocycles. The maximum atomic E-state index is 2.24. The number of nitrogens with zero attached hydrogens (tertiary/aromatic N) is 2. The second-order valence-corrected chi connectivity index (χ2v) is 3.93. The molecule has 0 bridgehead atoms. The molecule has 1 heterocycles. The minimum atomic E-state index is 1.28. The molecule has 0 saturated heterocycles. The molecule has 0 fully saturated rings. The van der Waals surface area contributed by atoms with Crippen molar-refractivity contribution in [2.24, 2.45) is 0 Å². The lowest BCUT2D eigenvalue weighted by molar-refractivity contribution is 1.01. The van der Waals surface area contributed by atoms with Gasteiger partial charge in [0.15, 0.2) is 0 Å². The zero-order valence-corrected chi connectivity index (χ0v) is 9.20. The molecule has 2 nitrogen and oxygen atoms in total. The fourth-order valence-electron chi connectivity index (χ4n) is 2.16. The van der Waals surface area contributed by atoms with Crippen LogP contribution in [0.2, 0.25) is 0 Å². The Bertz CT molecular complexity index is 358.